The normalized spacial score (nSPS) is 12.2. The zero-order valence-corrected chi connectivity index (χ0v) is 10.2. The van der Waals surface area contributed by atoms with Crippen LogP contribution in [-0.4, -0.2) is 11.9 Å². The van der Waals surface area contributed by atoms with Gasteiger partial charge in [0.25, 0.3) is 0 Å². The highest BCUT2D eigenvalue weighted by Gasteiger charge is 2.13. The van der Waals surface area contributed by atoms with Crippen molar-refractivity contribution in [1.82, 2.24) is 0 Å². The van der Waals surface area contributed by atoms with Crippen molar-refractivity contribution in [3.05, 3.63) is 29.3 Å². The third-order valence-corrected chi connectivity index (χ3v) is 2.59. The van der Waals surface area contributed by atoms with Gasteiger partial charge in [-0.2, -0.15) is 0 Å². The van der Waals surface area contributed by atoms with E-state index in [0.717, 1.165) is 29.7 Å². The topological polar surface area (TPSA) is 55.1 Å². The average molecular weight is 220 g/mol. The minimum Gasteiger partial charge on any atom is -0.324 e. The van der Waals surface area contributed by atoms with Crippen molar-refractivity contribution in [1.29, 1.82) is 0 Å². The highest BCUT2D eigenvalue weighted by molar-refractivity contribution is 5.95. The van der Waals surface area contributed by atoms with Crippen LogP contribution in [-0.2, 0) is 4.79 Å². The number of nitrogens with one attached hydrogen (secondary N) is 1. The molecule has 16 heavy (non-hydrogen) atoms. The second-order valence-corrected chi connectivity index (χ2v) is 4.20. The molecule has 0 aliphatic heterocycles. The summed E-state index contributed by atoms with van der Waals surface area (Å²) in [7, 11) is 0. The van der Waals surface area contributed by atoms with Gasteiger partial charge in [0.15, 0.2) is 0 Å². The van der Waals surface area contributed by atoms with Crippen molar-refractivity contribution in [3.8, 4) is 0 Å². The molecular weight excluding hydrogens is 200 g/mol. The highest BCUT2D eigenvalue weighted by Crippen LogP contribution is 2.16. The number of anilines is 1. The van der Waals surface area contributed by atoms with Crippen molar-refractivity contribution in [3.63, 3.8) is 0 Å². The van der Waals surface area contributed by atoms with Gasteiger partial charge in [-0.25, -0.2) is 0 Å². The van der Waals surface area contributed by atoms with Crippen LogP contribution in [0.4, 0.5) is 5.69 Å². The summed E-state index contributed by atoms with van der Waals surface area (Å²) in [6.45, 7) is 5.99. The molecule has 0 saturated carbocycles. The molecule has 3 N–H and O–H groups in total. The Morgan fingerprint density at radius 1 is 1.44 bits per heavy atom. The van der Waals surface area contributed by atoms with E-state index in [-0.39, 0.29) is 5.91 Å². The molecular formula is C13H20N2O. The summed E-state index contributed by atoms with van der Waals surface area (Å²) in [5, 5.41) is 2.87. The summed E-state index contributed by atoms with van der Waals surface area (Å²) < 4.78 is 0. The standard InChI is InChI=1S/C13H20N2O/c1-4-5-11(14)13(16)15-12-8-9(2)6-7-10(12)3/h6-8,11H,4-5,14H2,1-3H3,(H,15,16)/t11-/m1/s1. The fourth-order valence-electron chi connectivity index (χ4n) is 1.54. The number of benzene rings is 1. The summed E-state index contributed by atoms with van der Waals surface area (Å²) >= 11 is 0. The first-order valence-electron chi connectivity index (χ1n) is 5.68. The molecule has 88 valence electrons. The van der Waals surface area contributed by atoms with Crippen LogP contribution >= 0.6 is 0 Å². The van der Waals surface area contributed by atoms with Gasteiger partial charge >= 0.3 is 0 Å². The molecule has 0 fully saturated rings. The van der Waals surface area contributed by atoms with E-state index in [9.17, 15) is 4.79 Å². The summed E-state index contributed by atoms with van der Waals surface area (Å²) in [6, 6.07) is 5.57. The zero-order chi connectivity index (χ0) is 12.1. The lowest BCUT2D eigenvalue weighted by molar-refractivity contribution is -0.117. The molecule has 0 unspecified atom stereocenters. The molecule has 1 rings (SSSR count). The maximum Gasteiger partial charge on any atom is 0.241 e. The van der Waals surface area contributed by atoms with E-state index >= 15 is 0 Å². The van der Waals surface area contributed by atoms with E-state index < -0.39 is 6.04 Å². The molecule has 0 radical (unpaired) electrons. The summed E-state index contributed by atoms with van der Waals surface area (Å²) in [5.41, 5.74) is 8.80. The Labute approximate surface area is 97.0 Å². The van der Waals surface area contributed by atoms with Crippen molar-refractivity contribution >= 4 is 11.6 Å². The van der Waals surface area contributed by atoms with Gasteiger partial charge in [-0.05, 0) is 37.5 Å². The molecule has 0 aliphatic carbocycles. The molecule has 3 nitrogen and oxygen atoms in total. The average Bonchev–Trinajstić information content (AvgIpc) is 2.23. The van der Waals surface area contributed by atoms with Crippen LogP contribution in [0.5, 0.6) is 0 Å². The maximum atomic E-state index is 11.7. The number of hydrogen-bond acceptors (Lipinski definition) is 2. The second-order valence-electron chi connectivity index (χ2n) is 4.20. The molecule has 0 bridgehead atoms. The number of carbonyl (C=O) groups is 1. The first-order chi connectivity index (χ1) is 7.54. The number of hydrogen-bond donors (Lipinski definition) is 2. The Balaban J connectivity index is 2.72. The van der Waals surface area contributed by atoms with Crippen molar-refractivity contribution in [2.24, 2.45) is 5.73 Å². The summed E-state index contributed by atoms with van der Waals surface area (Å²) in [4.78, 5) is 11.7. The largest absolute Gasteiger partial charge is 0.324 e. The number of aryl methyl sites for hydroxylation is 2. The van der Waals surface area contributed by atoms with Crippen LogP contribution < -0.4 is 11.1 Å². The molecule has 1 aromatic rings. The molecule has 0 aliphatic rings. The molecule has 1 aromatic carbocycles. The number of nitrogens with two attached hydrogens (primary N) is 1. The fourth-order valence-corrected chi connectivity index (χ4v) is 1.54. The van der Waals surface area contributed by atoms with Gasteiger partial charge in [-0.1, -0.05) is 25.5 Å². The first-order valence-corrected chi connectivity index (χ1v) is 5.68. The Morgan fingerprint density at radius 3 is 2.75 bits per heavy atom. The van der Waals surface area contributed by atoms with Gasteiger partial charge < -0.3 is 11.1 Å². The van der Waals surface area contributed by atoms with Crippen molar-refractivity contribution in [2.45, 2.75) is 39.7 Å². The lowest BCUT2D eigenvalue weighted by atomic mass is 10.1. The lowest BCUT2D eigenvalue weighted by Crippen LogP contribution is -2.35. The van der Waals surface area contributed by atoms with Gasteiger partial charge in [-0.15, -0.1) is 0 Å². The quantitative estimate of drug-likeness (QED) is 0.818. The molecule has 1 atom stereocenters. The van der Waals surface area contributed by atoms with E-state index in [1.165, 1.54) is 0 Å². The molecule has 0 heterocycles. The number of amides is 1. The molecule has 3 heteroatoms. The molecule has 1 amide bonds. The van der Waals surface area contributed by atoms with Crippen LogP contribution in [0.15, 0.2) is 18.2 Å². The Bertz CT molecular complexity index is 374. The SMILES string of the molecule is CCC[C@@H](N)C(=O)Nc1cc(C)ccc1C. The van der Waals surface area contributed by atoms with Crippen LogP contribution in [0.1, 0.15) is 30.9 Å². The van der Waals surface area contributed by atoms with Crippen LogP contribution in [0.2, 0.25) is 0 Å². The van der Waals surface area contributed by atoms with E-state index in [1.54, 1.807) is 0 Å². The van der Waals surface area contributed by atoms with Crippen molar-refractivity contribution < 1.29 is 4.79 Å². The smallest absolute Gasteiger partial charge is 0.241 e. The van der Waals surface area contributed by atoms with Gasteiger partial charge in [0.1, 0.15) is 0 Å². The van der Waals surface area contributed by atoms with Gasteiger partial charge in [0.2, 0.25) is 5.91 Å². The minimum atomic E-state index is -0.412. The lowest BCUT2D eigenvalue weighted by Gasteiger charge is -2.13. The third-order valence-electron chi connectivity index (χ3n) is 2.59. The first kappa shape index (κ1) is 12.7. The molecule has 0 saturated heterocycles. The predicted molar refractivity (Wildman–Crippen MR) is 67.4 cm³/mol. The van der Waals surface area contributed by atoms with E-state index in [2.05, 4.69) is 5.32 Å². The van der Waals surface area contributed by atoms with Gasteiger partial charge in [0, 0.05) is 5.69 Å². The highest BCUT2D eigenvalue weighted by atomic mass is 16.2. The Hall–Kier alpha value is -1.35. The third kappa shape index (κ3) is 3.35. The maximum absolute atomic E-state index is 11.7. The predicted octanol–water partition coefficient (Wildman–Crippen LogP) is 2.37. The fraction of sp³-hybridized carbons (Fsp3) is 0.462. The number of carbonyl (C=O) groups excluding carboxylic acids is 1. The van der Waals surface area contributed by atoms with Gasteiger partial charge in [-0.3, -0.25) is 4.79 Å². The van der Waals surface area contributed by atoms with E-state index in [4.69, 9.17) is 5.73 Å². The zero-order valence-electron chi connectivity index (χ0n) is 10.2. The second kappa shape index (κ2) is 5.66. The minimum absolute atomic E-state index is 0.101. The summed E-state index contributed by atoms with van der Waals surface area (Å²) in [6.07, 6.45) is 1.64. The monoisotopic (exact) mass is 220 g/mol. The van der Waals surface area contributed by atoms with E-state index in [1.807, 2.05) is 39.0 Å². The van der Waals surface area contributed by atoms with Crippen molar-refractivity contribution in [2.75, 3.05) is 5.32 Å². The summed E-state index contributed by atoms with van der Waals surface area (Å²) in [5.74, 6) is -0.101. The Kier molecular flexibility index (Phi) is 4.50. The van der Waals surface area contributed by atoms with Crippen LogP contribution in [0.25, 0.3) is 0 Å². The van der Waals surface area contributed by atoms with E-state index in [0.29, 0.717) is 0 Å². The van der Waals surface area contributed by atoms with Gasteiger partial charge in [0.05, 0.1) is 6.04 Å². The Morgan fingerprint density at radius 2 is 2.12 bits per heavy atom. The number of rotatable bonds is 4. The molecule has 0 aromatic heterocycles. The van der Waals surface area contributed by atoms with Crippen LogP contribution in [0.3, 0.4) is 0 Å². The van der Waals surface area contributed by atoms with Crippen LogP contribution in [0, 0.1) is 13.8 Å². The molecule has 0 spiro atoms.